The summed E-state index contributed by atoms with van der Waals surface area (Å²) in [7, 11) is 0. The number of aryl methyl sites for hydroxylation is 2. The molecule has 0 atom stereocenters. The molecule has 0 radical (unpaired) electrons. The van der Waals surface area contributed by atoms with Gasteiger partial charge < -0.3 is 14.6 Å². The summed E-state index contributed by atoms with van der Waals surface area (Å²) in [5.41, 5.74) is 2.51. The molecule has 1 aromatic heterocycles. The van der Waals surface area contributed by atoms with Crippen LogP contribution in [0.3, 0.4) is 0 Å². The molecule has 0 saturated carbocycles. The van der Waals surface area contributed by atoms with Crippen LogP contribution in [0.15, 0.2) is 53.1 Å². The summed E-state index contributed by atoms with van der Waals surface area (Å²) in [4.78, 5) is 16.4. The van der Waals surface area contributed by atoms with Gasteiger partial charge in [0, 0.05) is 12.1 Å². The minimum atomic E-state index is -0.234. The zero-order valence-corrected chi connectivity index (χ0v) is 14.2. The van der Waals surface area contributed by atoms with E-state index >= 15 is 0 Å². The van der Waals surface area contributed by atoms with Gasteiger partial charge in [0.2, 0.25) is 11.7 Å². The van der Waals surface area contributed by atoms with Crippen molar-refractivity contribution >= 4 is 11.6 Å². The molecule has 0 bridgehead atoms. The number of hydrogen-bond acceptors (Lipinski definition) is 5. The molecular formula is C19H19N3O3. The van der Waals surface area contributed by atoms with E-state index in [9.17, 15) is 4.79 Å². The molecule has 2 aromatic carbocycles. The van der Waals surface area contributed by atoms with E-state index in [0.29, 0.717) is 29.4 Å². The van der Waals surface area contributed by atoms with Gasteiger partial charge in [0.25, 0.3) is 5.91 Å². The number of nitrogens with zero attached hydrogens (tertiary/aromatic N) is 2. The largest absolute Gasteiger partial charge is 0.483 e. The van der Waals surface area contributed by atoms with Crippen LogP contribution < -0.4 is 10.1 Å². The molecule has 0 fully saturated rings. The molecule has 0 saturated heterocycles. The molecule has 6 heteroatoms. The van der Waals surface area contributed by atoms with Crippen molar-refractivity contribution < 1.29 is 14.1 Å². The maximum atomic E-state index is 12.1. The molecule has 0 aliphatic carbocycles. The van der Waals surface area contributed by atoms with Crippen molar-refractivity contribution in [1.82, 2.24) is 10.1 Å². The maximum absolute atomic E-state index is 12.1. The highest BCUT2D eigenvalue weighted by atomic mass is 16.5. The zero-order chi connectivity index (χ0) is 17.6. The first-order chi connectivity index (χ1) is 12.2. The average molecular weight is 337 g/mol. The average Bonchev–Trinajstić information content (AvgIpc) is 3.09. The fraction of sp³-hybridized carbons (Fsp3) is 0.211. The van der Waals surface area contributed by atoms with Gasteiger partial charge in [-0.05, 0) is 36.8 Å². The molecule has 0 spiro atoms. The molecule has 3 aromatic rings. The monoisotopic (exact) mass is 337 g/mol. The molecule has 1 heterocycles. The lowest BCUT2D eigenvalue weighted by atomic mass is 10.2. The van der Waals surface area contributed by atoms with Crippen LogP contribution in [0.2, 0.25) is 0 Å². The SMILES string of the molecule is CCc1nc(-c2ccccc2OCC(=O)Nc2cccc(C)c2)no1. The quantitative estimate of drug-likeness (QED) is 0.743. The van der Waals surface area contributed by atoms with Gasteiger partial charge in [-0.3, -0.25) is 4.79 Å². The van der Waals surface area contributed by atoms with E-state index in [4.69, 9.17) is 9.26 Å². The minimum absolute atomic E-state index is 0.108. The number of ether oxygens (including phenoxy) is 1. The van der Waals surface area contributed by atoms with E-state index in [-0.39, 0.29) is 12.5 Å². The zero-order valence-electron chi connectivity index (χ0n) is 14.2. The van der Waals surface area contributed by atoms with E-state index < -0.39 is 0 Å². The lowest BCUT2D eigenvalue weighted by Crippen LogP contribution is -2.20. The first kappa shape index (κ1) is 16.7. The van der Waals surface area contributed by atoms with Gasteiger partial charge in [-0.2, -0.15) is 4.98 Å². The molecule has 0 unspecified atom stereocenters. The second-order valence-electron chi connectivity index (χ2n) is 5.57. The number of amides is 1. The number of carbonyl (C=O) groups excluding carboxylic acids is 1. The Morgan fingerprint density at radius 2 is 2.04 bits per heavy atom. The van der Waals surface area contributed by atoms with Crippen LogP contribution in [0.1, 0.15) is 18.4 Å². The van der Waals surface area contributed by atoms with Gasteiger partial charge in [0.15, 0.2) is 6.61 Å². The third kappa shape index (κ3) is 4.23. The lowest BCUT2D eigenvalue weighted by Gasteiger charge is -2.10. The molecule has 128 valence electrons. The summed E-state index contributed by atoms with van der Waals surface area (Å²) in [6, 6.07) is 14.9. The number of hydrogen-bond donors (Lipinski definition) is 1. The fourth-order valence-corrected chi connectivity index (χ4v) is 2.35. The molecule has 0 aliphatic heterocycles. The van der Waals surface area contributed by atoms with Crippen LogP contribution in [0.25, 0.3) is 11.4 Å². The first-order valence-electron chi connectivity index (χ1n) is 8.07. The smallest absolute Gasteiger partial charge is 0.262 e. The molecule has 6 nitrogen and oxygen atoms in total. The summed E-state index contributed by atoms with van der Waals surface area (Å²) < 4.78 is 10.8. The summed E-state index contributed by atoms with van der Waals surface area (Å²) >= 11 is 0. The van der Waals surface area contributed by atoms with Gasteiger partial charge in [-0.25, -0.2) is 0 Å². The van der Waals surface area contributed by atoms with E-state index in [0.717, 1.165) is 11.3 Å². The maximum Gasteiger partial charge on any atom is 0.262 e. The second kappa shape index (κ2) is 7.61. The Kier molecular flexibility index (Phi) is 5.09. The summed E-state index contributed by atoms with van der Waals surface area (Å²) in [6.07, 6.45) is 0.662. The van der Waals surface area contributed by atoms with Gasteiger partial charge in [-0.15, -0.1) is 0 Å². The normalized spacial score (nSPS) is 10.5. The predicted molar refractivity (Wildman–Crippen MR) is 94.4 cm³/mol. The molecule has 0 aliphatic rings. The highest BCUT2D eigenvalue weighted by molar-refractivity contribution is 5.92. The number of aromatic nitrogens is 2. The van der Waals surface area contributed by atoms with E-state index in [1.54, 1.807) is 6.07 Å². The Morgan fingerprint density at radius 3 is 2.80 bits per heavy atom. The lowest BCUT2D eigenvalue weighted by molar-refractivity contribution is -0.118. The Morgan fingerprint density at radius 1 is 1.20 bits per heavy atom. The van der Waals surface area contributed by atoms with Gasteiger partial charge in [-0.1, -0.05) is 36.3 Å². The van der Waals surface area contributed by atoms with E-state index in [1.165, 1.54) is 0 Å². The number of para-hydroxylation sites is 1. The van der Waals surface area contributed by atoms with E-state index in [2.05, 4.69) is 15.5 Å². The standard InChI is InChI=1S/C19H19N3O3/c1-3-18-21-19(22-25-18)15-9-4-5-10-16(15)24-12-17(23)20-14-8-6-7-13(2)11-14/h4-11H,3,12H2,1-2H3,(H,20,23). The summed E-state index contributed by atoms with van der Waals surface area (Å²) in [6.45, 7) is 3.80. The summed E-state index contributed by atoms with van der Waals surface area (Å²) in [5, 5.41) is 6.77. The van der Waals surface area contributed by atoms with Crippen molar-refractivity contribution in [2.75, 3.05) is 11.9 Å². The Hall–Kier alpha value is -3.15. The van der Waals surface area contributed by atoms with Gasteiger partial charge >= 0.3 is 0 Å². The van der Waals surface area contributed by atoms with Crippen LogP contribution in [-0.2, 0) is 11.2 Å². The number of benzene rings is 2. The Bertz CT molecular complexity index is 874. The number of rotatable bonds is 6. The topological polar surface area (TPSA) is 77.2 Å². The first-order valence-corrected chi connectivity index (χ1v) is 8.07. The third-order valence-electron chi connectivity index (χ3n) is 3.56. The predicted octanol–water partition coefficient (Wildman–Crippen LogP) is 3.62. The van der Waals surface area contributed by atoms with Crippen LogP contribution in [0.4, 0.5) is 5.69 Å². The van der Waals surface area contributed by atoms with Crippen molar-refractivity contribution in [1.29, 1.82) is 0 Å². The molecular weight excluding hydrogens is 318 g/mol. The second-order valence-corrected chi connectivity index (χ2v) is 5.57. The molecule has 3 rings (SSSR count). The number of carbonyl (C=O) groups is 1. The number of anilines is 1. The highest BCUT2D eigenvalue weighted by Crippen LogP contribution is 2.27. The molecule has 1 N–H and O–H groups in total. The van der Waals surface area contributed by atoms with Crippen molar-refractivity contribution in [3.63, 3.8) is 0 Å². The summed E-state index contributed by atoms with van der Waals surface area (Å²) in [5.74, 6) is 1.31. The number of nitrogens with one attached hydrogen (secondary N) is 1. The molecule has 25 heavy (non-hydrogen) atoms. The van der Waals surface area contributed by atoms with Crippen molar-refractivity contribution in [3.05, 3.63) is 60.0 Å². The highest BCUT2D eigenvalue weighted by Gasteiger charge is 2.13. The Labute approximate surface area is 145 Å². The van der Waals surface area contributed by atoms with Crippen LogP contribution in [0.5, 0.6) is 5.75 Å². The minimum Gasteiger partial charge on any atom is -0.483 e. The van der Waals surface area contributed by atoms with Crippen LogP contribution in [0, 0.1) is 6.92 Å². The molecule has 1 amide bonds. The van der Waals surface area contributed by atoms with Crippen molar-refractivity contribution in [2.24, 2.45) is 0 Å². The van der Waals surface area contributed by atoms with Gasteiger partial charge in [0.05, 0.1) is 5.56 Å². The Balaban J connectivity index is 1.68. The van der Waals surface area contributed by atoms with Gasteiger partial charge in [0.1, 0.15) is 5.75 Å². The van der Waals surface area contributed by atoms with Crippen LogP contribution >= 0.6 is 0 Å². The van der Waals surface area contributed by atoms with E-state index in [1.807, 2.05) is 56.3 Å². The van der Waals surface area contributed by atoms with Crippen LogP contribution in [-0.4, -0.2) is 22.7 Å². The van der Waals surface area contributed by atoms with Crippen molar-refractivity contribution in [2.45, 2.75) is 20.3 Å². The fourth-order valence-electron chi connectivity index (χ4n) is 2.35. The van der Waals surface area contributed by atoms with Crippen molar-refractivity contribution in [3.8, 4) is 17.1 Å². The third-order valence-corrected chi connectivity index (χ3v) is 3.56.